The average molecular weight is 638 g/mol. The van der Waals surface area contributed by atoms with Gasteiger partial charge in [0.05, 0.1) is 20.3 Å². The highest BCUT2D eigenvalue weighted by atomic mass is 35.5. The second-order valence-electron chi connectivity index (χ2n) is 13.9. The van der Waals surface area contributed by atoms with Crippen LogP contribution in [0.3, 0.4) is 0 Å². The van der Waals surface area contributed by atoms with E-state index in [4.69, 9.17) is 18.9 Å². The Morgan fingerprint density at radius 3 is 2.28 bits per heavy atom. The fourth-order valence-corrected chi connectivity index (χ4v) is 6.92. The molecule has 0 fully saturated rings. The van der Waals surface area contributed by atoms with Crippen molar-refractivity contribution in [2.24, 2.45) is 0 Å². The van der Waals surface area contributed by atoms with Crippen molar-refractivity contribution < 1.29 is 36.3 Å². The lowest BCUT2D eigenvalue weighted by Gasteiger charge is -2.36. The lowest BCUT2D eigenvalue weighted by atomic mass is 9.79. The maximum absolute atomic E-state index is 6.74. The minimum Gasteiger partial charge on any atom is -1.00 e. The van der Waals surface area contributed by atoms with Gasteiger partial charge in [0.25, 0.3) is 0 Å². The SMILES string of the molecule is COC1=CC=C2C(=C[NH+]3CCc4cc5c(cc4C3=C2Cc2ccc(C(C)C)cc2)OCO5)C1OCc1ccc(C(C)(C)C)cc1.[Cl-]. The molecule has 3 aliphatic heterocycles. The Balaban J connectivity index is 0.00000372. The van der Waals surface area contributed by atoms with Gasteiger partial charge < -0.3 is 31.4 Å². The molecule has 0 bridgehead atoms. The largest absolute Gasteiger partial charge is 1.00 e. The van der Waals surface area contributed by atoms with E-state index < -0.39 is 0 Å². The number of methoxy groups -OCH3 is 1. The van der Waals surface area contributed by atoms with Crippen molar-refractivity contribution in [1.29, 1.82) is 0 Å². The molecule has 0 spiro atoms. The van der Waals surface area contributed by atoms with Gasteiger partial charge in [0, 0.05) is 29.6 Å². The van der Waals surface area contributed by atoms with E-state index in [0.29, 0.717) is 12.5 Å². The van der Waals surface area contributed by atoms with Gasteiger partial charge in [0.15, 0.2) is 11.5 Å². The molecular formula is C40H44ClNO4. The highest BCUT2D eigenvalue weighted by Gasteiger charge is 2.40. The summed E-state index contributed by atoms with van der Waals surface area (Å²) in [5, 5.41) is 0. The number of rotatable bonds is 7. The highest BCUT2D eigenvalue weighted by molar-refractivity contribution is 5.77. The Kier molecular flexibility index (Phi) is 8.95. The number of ether oxygens (including phenoxy) is 4. The summed E-state index contributed by atoms with van der Waals surface area (Å²) < 4.78 is 24.3. The summed E-state index contributed by atoms with van der Waals surface area (Å²) >= 11 is 0. The second kappa shape index (κ2) is 12.8. The Bertz CT molecular complexity index is 1740. The van der Waals surface area contributed by atoms with Crippen molar-refractivity contribution >= 4 is 5.70 Å². The van der Waals surface area contributed by atoms with Gasteiger partial charge in [-0.05, 0) is 62.9 Å². The number of hydrogen-bond donors (Lipinski definition) is 1. The van der Waals surface area contributed by atoms with Crippen LogP contribution in [0.1, 0.15) is 73.9 Å². The number of quaternary nitrogens is 1. The van der Waals surface area contributed by atoms with Crippen molar-refractivity contribution in [1.82, 2.24) is 0 Å². The predicted octanol–water partition coefficient (Wildman–Crippen LogP) is 4.19. The lowest BCUT2D eigenvalue weighted by molar-refractivity contribution is -0.771. The Morgan fingerprint density at radius 2 is 1.61 bits per heavy atom. The Labute approximate surface area is 279 Å². The van der Waals surface area contributed by atoms with Crippen LogP contribution in [-0.2, 0) is 34.3 Å². The summed E-state index contributed by atoms with van der Waals surface area (Å²) in [5.74, 6) is 3.02. The number of nitrogens with one attached hydrogen (secondary N) is 1. The molecule has 5 nitrogen and oxygen atoms in total. The van der Waals surface area contributed by atoms with Gasteiger partial charge in [-0.25, -0.2) is 0 Å². The van der Waals surface area contributed by atoms with Gasteiger partial charge >= 0.3 is 0 Å². The number of halogens is 1. The molecule has 0 aromatic heterocycles. The van der Waals surface area contributed by atoms with E-state index >= 15 is 0 Å². The monoisotopic (exact) mass is 637 g/mol. The molecule has 0 radical (unpaired) electrons. The van der Waals surface area contributed by atoms with E-state index in [2.05, 4.69) is 114 Å². The maximum Gasteiger partial charge on any atom is 0.231 e. The first-order valence-corrected chi connectivity index (χ1v) is 16.2. The van der Waals surface area contributed by atoms with E-state index in [1.54, 1.807) is 7.11 Å². The van der Waals surface area contributed by atoms with Crippen LogP contribution in [0.4, 0.5) is 0 Å². The van der Waals surface area contributed by atoms with Gasteiger partial charge in [0.1, 0.15) is 23.8 Å². The molecule has 2 unspecified atom stereocenters. The van der Waals surface area contributed by atoms with Crippen LogP contribution in [0.15, 0.2) is 101 Å². The average Bonchev–Trinajstić information content (AvgIpc) is 3.49. The summed E-state index contributed by atoms with van der Waals surface area (Å²) in [4.78, 5) is 1.35. The van der Waals surface area contributed by atoms with Crippen molar-refractivity contribution in [2.45, 2.75) is 71.5 Å². The molecule has 3 heterocycles. The molecule has 0 saturated heterocycles. The third-order valence-corrected chi connectivity index (χ3v) is 9.57. The quantitative estimate of drug-likeness (QED) is 0.422. The number of fused-ring (bicyclic) bond motifs is 5. The molecule has 7 rings (SSSR count). The number of allylic oxidation sites excluding steroid dienone is 3. The first-order valence-electron chi connectivity index (χ1n) is 16.2. The molecule has 1 aliphatic carbocycles. The van der Waals surface area contributed by atoms with Crippen molar-refractivity contribution in [3.05, 3.63) is 135 Å². The lowest BCUT2D eigenvalue weighted by Crippen LogP contribution is -3.06. The minimum atomic E-state index is -0.289. The van der Waals surface area contributed by atoms with Gasteiger partial charge in [-0.15, -0.1) is 0 Å². The number of hydrogen-bond acceptors (Lipinski definition) is 4. The Hall–Kier alpha value is -3.77. The molecule has 0 saturated carbocycles. The zero-order valence-corrected chi connectivity index (χ0v) is 28.5. The molecule has 46 heavy (non-hydrogen) atoms. The summed E-state index contributed by atoms with van der Waals surface area (Å²) in [6, 6.07) is 22.3. The topological polar surface area (TPSA) is 41.4 Å². The van der Waals surface area contributed by atoms with Crippen molar-refractivity contribution in [2.75, 3.05) is 20.4 Å². The van der Waals surface area contributed by atoms with Gasteiger partial charge in [-0.2, -0.15) is 0 Å². The molecule has 240 valence electrons. The Morgan fingerprint density at radius 1 is 0.913 bits per heavy atom. The first kappa shape index (κ1) is 32.2. The van der Waals surface area contributed by atoms with Gasteiger partial charge in [0.2, 0.25) is 6.79 Å². The number of benzene rings is 3. The van der Waals surface area contributed by atoms with Crippen LogP contribution in [-0.4, -0.2) is 26.6 Å². The molecule has 4 aliphatic rings. The predicted molar refractivity (Wildman–Crippen MR) is 178 cm³/mol. The summed E-state index contributed by atoms with van der Waals surface area (Å²) in [6.45, 7) is 13.0. The third-order valence-electron chi connectivity index (χ3n) is 9.57. The molecule has 6 heteroatoms. The van der Waals surface area contributed by atoms with Crippen LogP contribution in [0.5, 0.6) is 11.5 Å². The first-order chi connectivity index (χ1) is 21.7. The van der Waals surface area contributed by atoms with Crippen molar-refractivity contribution in [3.63, 3.8) is 0 Å². The molecular weight excluding hydrogens is 594 g/mol. The van der Waals surface area contributed by atoms with Crippen LogP contribution < -0.4 is 26.8 Å². The second-order valence-corrected chi connectivity index (χ2v) is 13.9. The molecule has 1 N–H and O–H groups in total. The summed E-state index contributed by atoms with van der Waals surface area (Å²) in [5.41, 5.74) is 12.9. The summed E-state index contributed by atoms with van der Waals surface area (Å²) in [7, 11) is 1.74. The van der Waals surface area contributed by atoms with Crippen LogP contribution in [0, 0.1) is 0 Å². The zero-order chi connectivity index (χ0) is 31.3. The van der Waals surface area contributed by atoms with E-state index in [0.717, 1.165) is 42.2 Å². The third kappa shape index (κ3) is 6.04. The molecule has 3 aromatic rings. The highest BCUT2D eigenvalue weighted by Crippen LogP contribution is 2.43. The van der Waals surface area contributed by atoms with E-state index in [1.807, 2.05) is 0 Å². The summed E-state index contributed by atoms with van der Waals surface area (Å²) in [6.07, 6.45) is 8.19. The molecule has 3 aromatic carbocycles. The van der Waals surface area contributed by atoms with Gasteiger partial charge in [-0.3, -0.25) is 4.90 Å². The minimum absolute atomic E-state index is 0. The fraction of sp³-hybridized carbons (Fsp3) is 0.350. The van der Waals surface area contributed by atoms with E-state index in [-0.39, 0.29) is 30.7 Å². The maximum atomic E-state index is 6.74. The van der Waals surface area contributed by atoms with Crippen LogP contribution in [0.2, 0.25) is 0 Å². The fourth-order valence-electron chi connectivity index (χ4n) is 6.92. The normalized spacial score (nSPS) is 19.8. The van der Waals surface area contributed by atoms with Gasteiger partial charge in [-0.1, -0.05) is 89.2 Å². The van der Waals surface area contributed by atoms with Crippen LogP contribution >= 0.6 is 0 Å². The standard InChI is InChI=1S/C40H43NO4.ClH/c1-25(2)28-11-7-26(8-12-28)19-33-31-15-16-35(42-6)39(43-23-27-9-13-30(14-10-27)40(3,4)5)34(31)22-41-18-17-29-20-36-37(45-24-44-36)21-32(29)38(33)41;/h7-16,20-22,25,39H,17-19,23-24H2,1-6H3;1H. The smallest absolute Gasteiger partial charge is 0.231 e. The van der Waals surface area contributed by atoms with Crippen LogP contribution in [0.25, 0.3) is 5.70 Å². The molecule has 2 atom stereocenters. The van der Waals surface area contributed by atoms with E-state index in [1.165, 1.54) is 55.1 Å². The van der Waals surface area contributed by atoms with Crippen molar-refractivity contribution in [3.8, 4) is 11.5 Å². The molecule has 0 amide bonds. The van der Waals surface area contributed by atoms with E-state index in [9.17, 15) is 0 Å². The zero-order valence-electron chi connectivity index (χ0n) is 27.7.